The first-order chi connectivity index (χ1) is 10.7. The van der Waals surface area contributed by atoms with Crippen molar-refractivity contribution in [3.05, 3.63) is 29.9 Å². The molecule has 1 fully saturated rings. The Morgan fingerprint density at radius 1 is 1.59 bits per heavy atom. The van der Waals surface area contributed by atoms with Crippen LogP contribution in [0.1, 0.15) is 29.1 Å². The number of hydrogen-bond donors (Lipinski definition) is 1. The van der Waals surface area contributed by atoms with Crippen LogP contribution in [0.3, 0.4) is 0 Å². The van der Waals surface area contributed by atoms with Crippen molar-refractivity contribution in [2.24, 2.45) is 0 Å². The molecule has 0 aromatic carbocycles. The third-order valence-electron chi connectivity index (χ3n) is 3.38. The molecule has 1 saturated heterocycles. The summed E-state index contributed by atoms with van der Waals surface area (Å²) < 4.78 is 17.2. The van der Waals surface area contributed by atoms with Crippen molar-refractivity contribution in [2.75, 3.05) is 19.0 Å². The number of hydrogen-bond acceptors (Lipinski definition) is 6. The van der Waals surface area contributed by atoms with Gasteiger partial charge in [-0.2, -0.15) is 5.10 Å². The monoisotopic (exact) mass is 306 g/mol. The van der Waals surface area contributed by atoms with Gasteiger partial charge in [0.25, 0.3) is 5.91 Å². The Labute approximate surface area is 127 Å². The largest absolute Gasteiger partial charge is 0.377 e. The molecular weight excluding hydrogens is 288 g/mol. The maximum absolute atomic E-state index is 12.0. The van der Waals surface area contributed by atoms with Crippen LogP contribution in [-0.4, -0.2) is 40.7 Å². The number of nitrogens with one attached hydrogen (secondary N) is 1. The summed E-state index contributed by atoms with van der Waals surface area (Å²) in [7, 11) is 1.55. The fraction of sp³-hybridized carbons (Fsp3) is 0.500. The predicted molar refractivity (Wildman–Crippen MR) is 76.4 cm³/mol. The number of methoxy groups -OCH3 is 1. The molecule has 1 aliphatic heterocycles. The second-order valence-corrected chi connectivity index (χ2v) is 5.15. The smallest absolute Gasteiger partial charge is 0.277 e. The fourth-order valence-electron chi connectivity index (χ4n) is 2.35. The Morgan fingerprint density at radius 2 is 2.50 bits per heavy atom. The number of carbonyl (C=O) groups is 1. The summed E-state index contributed by atoms with van der Waals surface area (Å²) in [6.07, 6.45) is 5.71. The number of rotatable bonds is 6. The summed E-state index contributed by atoms with van der Waals surface area (Å²) in [4.78, 5) is 12.0. The van der Waals surface area contributed by atoms with E-state index in [2.05, 4.69) is 15.6 Å². The van der Waals surface area contributed by atoms with Gasteiger partial charge in [0.15, 0.2) is 11.5 Å². The van der Waals surface area contributed by atoms with Gasteiger partial charge >= 0.3 is 0 Å². The van der Waals surface area contributed by atoms with E-state index in [1.807, 2.05) is 0 Å². The molecular formula is C14H18N4O4. The minimum absolute atomic E-state index is 0.204. The van der Waals surface area contributed by atoms with E-state index in [0.29, 0.717) is 18.0 Å². The van der Waals surface area contributed by atoms with Crippen LogP contribution in [0.2, 0.25) is 0 Å². The highest BCUT2D eigenvalue weighted by Crippen LogP contribution is 2.15. The predicted octanol–water partition coefficient (Wildman–Crippen LogP) is 1.45. The number of ether oxygens (including phenoxy) is 2. The molecule has 0 radical (unpaired) electrons. The Kier molecular flexibility index (Phi) is 4.50. The fourth-order valence-corrected chi connectivity index (χ4v) is 2.35. The molecule has 1 atom stereocenters. The van der Waals surface area contributed by atoms with Crippen molar-refractivity contribution in [1.82, 2.24) is 14.9 Å². The van der Waals surface area contributed by atoms with Crippen molar-refractivity contribution < 1.29 is 18.8 Å². The average Bonchev–Trinajstić information content (AvgIpc) is 3.22. The number of nitrogens with zero attached hydrogens (tertiary/aromatic N) is 3. The quantitative estimate of drug-likeness (QED) is 0.868. The first-order valence-electron chi connectivity index (χ1n) is 7.14. The topological polar surface area (TPSA) is 91.4 Å². The zero-order valence-corrected chi connectivity index (χ0v) is 12.3. The van der Waals surface area contributed by atoms with E-state index < -0.39 is 0 Å². The molecule has 3 rings (SSSR count). The first kappa shape index (κ1) is 14.7. The maximum Gasteiger partial charge on any atom is 0.277 e. The van der Waals surface area contributed by atoms with Gasteiger partial charge in [-0.05, 0) is 12.8 Å². The second-order valence-electron chi connectivity index (χ2n) is 5.15. The van der Waals surface area contributed by atoms with Gasteiger partial charge in [0.05, 0.1) is 24.5 Å². The highest BCUT2D eigenvalue weighted by atomic mass is 16.5. The summed E-state index contributed by atoms with van der Waals surface area (Å²) in [5, 5.41) is 10.7. The number of aromatic nitrogens is 3. The molecule has 0 saturated carbocycles. The van der Waals surface area contributed by atoms with E-state index >= 15 is 0 Å². The van der Waals surface area contributed by atoms with E-state index in [0.717, 1.165) is 19.4 Å². The summed E-state index contributed by atoms with van der Waals surface area (Å²) in [5.74, 6) is 0.157. The van der Waals surface area contributed by atoms with Gasteiger partial charge in [-0.1, -0.05) is 5.16 Å². The lowest BCUT2D eigenvalue weighted by Crippen LogP contribution is -2.15. The van der Waals surface area contributed by atoms with E-state index in [1.54, 1.807) is 30.3 Å². The minimum atomic E-state index is -0.345. The maximum atomic E-state index is 12.0. The standard InChI is InChI=1S/C14H18N4O4/c1-20-9-12-5-13(17-22-12)14(19)16-10-6-15-18(7-10)8-11-3-2-4-21-11/h5-7,11H,2-4,8-9H2,1H3,(H,16,19). The lowest BCUT2D eigenvalue weighted by Gasteiger charge is -2.08. The van der Waals surface area contributed by atoms with Crippen LogP contribution in [0.15, 0.2) is 23.0 Å². The first-order valence-corrected chi connectivity index (χ1v) is 7.14. The number of amides is 1. The van der Waals surface area contributed by atoms with Crippen LogP contribution < -0.4 is 5.32 Å². The van der Waals surface area contributed by atoms with E-state index in [4.69, 9.17) is 14.0 Å². The molecule has 22 heavy (non-hydrogen) atoms. The molecule has 1 unspecified atom stereocenters. The normalized spacial score (nSPS) is 17.8. The van der Waals surface area contributed by atoms with Gasteiger partial charge in [-0.15, -0.1) is 0 Å². The zero-order chi connectivity index (χ0) is 15.4. The third kappa shape index (κ3) is 3.52. The second kappa shape index (κ2) is 6.71. The molecule has 1 aliphatic rings. The van der Waals surface area contributed by atoms with Crippen LogP contribution in [-0.2, 0) is 22.6 Å². The number of carbonyl (C=O) groups excluding carboxylic acids is 1. The highest BCUT2D eigenvalue weighted by molar-refractivity contribution is 6.02. The van der Waals surface area contributed by atoms with Gasteiger partial charge in [0.2, 0.25) is 0 Å². The summed E-state index contributed by atoms with van der Waals surface area (Å²) in [6.45, 7) is 1.78. The highest BCUT2D eigenvalue weighted by Gasteiger charge is 2.17. The lowest BCUT2D eigenvalue weighted by molar-refractivity contribution is 0.0940. The van der Waals surface area contributed by atoms with Crippen molar-refractivity contribution in [1.29, 1.82) is 0 Å². The van der Waals surface area contributed by atoms with Crippen molar-refractivity contribution >= 4 is 11.6 Å². The van der Waals surface area contributed by atoms with Crippen molar-refractivity contribution in [3.63, 3.8) is 0 Å². The molecule has 1 N–H and O–H groups in total. The molecule has 2 aromatic heterocycles. The summed E-state index contributed by atoms with van der Waals surface area (Å²) >= 11 is 0. The Hall–Kier alpha value is -2.19. The molecule has 1 amide bonds. The Balaban J connectivity index is 1.57. The average molecular weight is 306 g/mol. The number of anilines is 1. The van der Waals surface area contributed by atoms with Crippen LogP contribution >= 0.6 is 0 Å². The van der Waals surface area contributed by atoms with E-state index in [1.165, 1.54) is 0 Å². The van der Waals surface area contributed by atoms with Crippen LogP contribution in [0.5, 0.6) is 0 Å². The molecule has 118 valence electrons. The van der Waals surface area contributed by atoms with Gasteiger partial charge in [-0.3, -0.25) is 9.48 Å². The Morgan fingerprint density at radius 3 is 3.27 bits per heavy atom. The molecule has 0 aliphatic carbocycles. The summed E-state index contributed by atoms with van der Waals surface area (Å²) in [6, 6.07) is 1.55. The molecule has 8 heteroatoms. The molecule has 3 heterocycles. The van der Waals surface area contributed by atoms with Gasteiger partial charge in [-0.25, -0.2) is 0 Å². The SMILES string of the molecule is COCc1cc(C(=O)Nc2cnn(CC3CCCO3)c2)no1. The van der Waals surface area contributed by atoms with Gasteiger partial charge in [0.1, 0.15) is 6.61 Å². The molecule has 0 bridgehead atoms. The lowest BCUT2D eigenvalue weighted by atomic mass is 10.2. The zero-order valence-electron chi connectivity index (χ0n) is 12.3. The van der Waals surface area contributed by atoms with Crippen molar-refractivity contribution in [2.45, 2.75) is 32.1 Å². The van der Waals surface area contributed by atoms with Crippen LogP contribution in [0, 0.1) is 0 Å². The van der Waals surface area contributed by atoms with Crippen LogP contribution in [0.25, 0.3) is 0 Å². The van der Waals surface area contributed by atoms with Crippen molar-refractivity contribution in [3.8, 4) is 0 Å². The van der Waals surface area contributed by atoms with Crippen LogP contribution in [0.4, 0.5) is 5.69 Å². The molecule has 0 spiro atoms. The summed E-state index contributed by atoms with van der Waals surface area (Å²) in [5.41, 5.74) is 0.818. The van der Waals surface area contributed by atoms with Gasteiger partial charge < -0.3 is 19.3 Å². The molecule has 8 nitrogen and oxygen atoms in total. The minimum Gasteiger partial charge on any atom is -0.377 e. The van der Waals surface area contributed by atoms with Gasteiger partial charge in [0, 0.05) is 26.0 Å². The Bertz CT molecular complexity index is 630. The third-order valence-corrected chi connectivity index (χ3v) is 3.38. The molecule has 2 aromatic rings. The van der Waals surface area contributed by atoms with E-state index in [-0.39, 0.29) is 24.3 Å². The van der Waals surface area contributed by atoms with E-state index in [9.17, 15) is 4.79 Å².